The van der Waals surface area contributed by atoms with E-state index in [1.165, 1.54) is 0 Å². The van der Waals surface area contributed by atoms with Crippen LogP contribution in [0, 0.1) is 0 Å². The van der Waals surface area contributed by atoms with Crippen molar-refractivity contribution in [2.45, 2.75) is 12.2 Å². The Morgan fingerprint density at radius 1 is 0.857 bits per heavy atom. The molecular weight excluding hydrogens is 264 g/mol. The molecule has 0 amide bonds. The van der Waals surface area contributed by atoms with Crippen molar-refractivity contribution in [1.29, 1.82) is 0 Å². The molecule has 4 nitrogen and oxygen atoms in total. The lowest BCUT2D eigenvalue weighted by atomic mass is 10.0. The number of nitrogens with zero attached hydrogens (tertiary/aromatic N) is 1. The van der Waals surface area contributed by atoms with Crippen molar-refractivity contribution in [2.75, 3.05) is 0 Å². The minimum absolute atomic E-state index is 0.581. The molecule has 3 aromatic rings. The molecule has 0 fully saturated rings. The van der Waals surface area contributed by atoms with Crippen LogP contribution in [0.4, 0.5) is 0 Å². The number of benzene rings is 1. The highest BCUT2D eigenvalue weighted by Gasteiger charge is 2.17. The lowest BCUT2D eigenvalue weighted by Crippen LogP contribution is -2.01. The summed E-state index contributed by atoms with van der Waals surface area (Å²) in [5.74, 6) is 0. The van der Waals surface area contributed by atoms with Crippen molar-refractivity contribution < 1.29 is 10.2 Å². The number of hydrogen-bond donors (Lipinski definition) is 3. The van der Waals surface area contributed by atoms with E-state index in [4.69, 9.17) is 0 Å². The third kappa shape index (κ3) is 2.86. The molecule has 0 saturated heterocycles. The maximum Gasteiger partial charge on any atom is 0.122 e. The van der Waals surface area contributed by atoms with E-state index >= 15 is 0 Å². The Labute approximate surface area is 122 Å². The van der Waals surface area contributed by atoms with Crippen molar-refractivity contribution in [3.63, 3.8) is 0 Å². The molecule has 2 atom stereocenters. The Balaban J connectivity index is 1.84. The van der Waals surface area contributed by atoms with E-state index in [9.17, 15) is 10.2 Å². The summed E-state index contributed by atoms with van der Waals surface area (Å²) in [7, 11) is 0. The average Bonchev–Trinajstić information content (AvgIpc) is 3.05. The van der Waals surface area contributed by atoms with Gasteiger partial charge >= 0.3 is 0 Å². The highest BCUT2D eigenvalue weighted by atomic mass is 16.3. The topological polar surface area (TPSA) is 69.1 Å². The third-order valence-electron chi connectivity index (χ3n) is 3.42. The molecule has 4 heteroatoms. The number of nitrogens with one attached hydrogen (secondary N) is 1. The highest BCUT2D eigenvalue weighted by molar-refractivity contribution is 5.31. The molecular formula is C17H16N2O2. The molecule has 0 bridgehead atoms. The highest BCUT2D eigenvalue weighted by Crippen LogP contribution is 2.26. The second-order valence-corrected chi connectivity index (χ2v) is 4.86. The number of H-pyrrole nitrogens is 1. The Hall–Kier alpha value is -2.43. The Kier molecular flexibility index (Phi) is 3.81. The van der Waals surface area contributed by atoms with E-state index in [0.29, 0.717) is 17.0 Å². The lowest BCUT2D eigenvalue weighted by molar-refractivity contribution is 0.212. The van der Waals surface area contributed by atoms with Gasteiger partial charge in [0, 0.05) is 23.7 Å². The third-order valence-corrected chi connectivity index (χ3v) is 3.42. The fourth-order valence-electron chi connectivity index (χ4n) is 2.27. The fraction of sp³-hybridized carbons (Fsp3) is 0.118. The second-order valence-electron chi connectivity index (χ2n) is 4.86. The minimum Gasteiger partial charge on any atom is -0.382 e. The molecule has 3 N–H and O–H groups in total. The van der Waals surface area contributed by atoms with Crippen LogP contribution >= 0.6 is 0 Å². The molecule has 0 aliphatic carbocycles. The van der Waals surface area contributed by atoms with Crippen molar-refractivity contribution in [3.8, 4) is 0 Å². The smallest absolute Gasteiger partial charge is 0.122 e. The molecule has 0 aliphatic rings. The zero-order valence-corrected chi connectivity index (χ0v) is 11.3. The van der Waals surface area contributed by atoms with Gasteiger partial charge in [-0.05, 0) is 23.8 Å². The SMILES string of the molecule is OC(c1c[nH]c(C(O)c2ccccc2)c1)c1ccccn1. The summed E-state index contributed by atoms with van der Waals surface area (Å²) in [4.78, 5) is 7.16. The first-order chi connectivity index (χ1) is 10.3. The number of aliphatic hydroxyl groups is 2. The number of pyridine rings is 1. The maximum atomic E-state index is 10.3. The van der Waals surface area contributed by atoms with Gasteiger partial charge in [0.1, 0.15) is 12.2 Å². The fourth-order valence-corrected chi connectivity index (χ4v) is 2.27. The van der Waals surface area contributed by atoms with Gasteiger partial charge < -0.3 is 15.2 Å². The summed E-state index contributed by atoms with van der Waals surface area (Å²) in [5.41, 5.74) is 2.71. The summed E-state index contributed by atoms with van der Waals surface area (Å²) in [6.45, 7) is 0. The number of aromatic amines is 1. The molecule has 2 heterocycles. The molecule has 0 aliphatic heterocycles. The van der Waals surface area contributed by atoms with Crippen LogP contribution < -0.4 is 0 Å². The molecule has 0 saturated carbocycles. The van der Waals surface area contributed by atoms with Crippen molar-refractivity contribution in [1.82, 2.24) is 9.97 Å². The Morgan fingerprint density at radius 2 is 1.62 bits per heavy atom. The summed E-state index contributed by atoms with van der Waals surface area (Å²) in [6.07, 6.45) is 1.79. The van der Waals surface area contributed by atoms with E-state index in [-0.39, 0.29) is 0 Å². The van der Waals surface area contributed by atoms with E-state index in [0.717, 1.165) is 5.56 Å². The summed E-state index contributed by atoms with van der Waals surface area (Å²) < 4.78 is 0. The molecule has 0 radical (unpaired) electrons. The number of aliphatic hydroxyl groups excluding tert-OH is 2. The van der Waals surface area contributed by atoms with Crippen molar-refractivity contribution >= 4 is 0 Å². The van der Waals surface area contributed by atoms with Crippen LogP contribution in [0.2, 0.25) is 0 Å². The van der Waals surface area contributed by atoms with Crippen LogP contribution in [0.5, 0.6) is 0 Å². The van der Waals surface area contributed by atoms with Gasteiger partial charge in [0.2, 0.25) is 0 Å². The molecule has 1 aromatic carbocycles. The van der Waals surface area contributed by atoms with E-state index in [2.05, 4.69) is 9.97 Å². The summed E-state index contributed by atoms with van der Waals surface area (Å²) in [5, 5.41) is 20.6. The predicted octanol–water partition coefficient (Wildman–Crippen LogP) is 2.57. The zero-order chi connectivity index (χ0) is 14.7. The first kappa shape index (κ1) is 13.5. The minimum atomic E-state index is -0.806. The van der Waals surface area contributed by atoms with Gasteiger partial charge in [-0.2, -0.15) is 0 Å². The standard InChI is InChI=1S/C17H16N2O2/c20-16(12-6-2-1-3-7-12)15-10-13(11-19-15)17(21)14-8-4-5-9-18-14/h1-11,16-17,19-21H. The monoisotopic (exact) mass is 280 g/mol. The summed E-state index contributed by atoms with van der Waals surface area (Å²) in [6, 6.07) is 16.6. The van der Waals surface area contributed by atoms with Gasteiger partial charge in [-0.1, -0.05) is 36.4 Å². The molecule has 106 valence electrons. The second kappa shape index (κ2) is 5.91. The number of aromatic nitrogens is 2. The van der Waals surface area contributed by atoms with Crippen molar-refractivity contribution in [2.24, 2.45) is 0 Å². The van der Waals surface area contributed by atoms with Gasteiger partial charge in [0.15, 0.2) is 0 Å². The molecule has 21 heavy (non-hydrogen) atoms. The zero-order valence-electron chi connectivity index (χ0n) is 11.3. The number of hydrogen-bond acceptors (Lipinski definition) is 3. The van der Waals surface area contributed by atoms with Crippen LogP contribution in [-0.2, 0) is 0 Å². The van der Waals surface area contributed by atoms with Gasteiger partial charge in [-0.15, -0.1) is 0 Å². The normalized spacial score (nSPS) is 13.8. The quantitative estimate of drug-likeness (QED) is 0.688. The van der Waals surface area contributed by atoms with Crippen LogP contribution in [0.3, 0.4) is 0 Å². The van der Waals surface area contributed by atoms with Crippen LogP contribution in [0.25, 0.3) is 0 Å². The van der Waals surface area contributed by atoms with Gasteiger partial charge in [-0.25, -0.2) is 0 Å². The van der Waals surface area contributed by atoms with E-state index in [1.54, 1.807) is 30.6 Å². The largest absolute Gasteiger partial charge is 0.382 e. The van der Waals surface area contributed by atoms with E-state index in [1.807, 2.05) is 36.4 Å². The Morgan fingerprint density at radius 3 is 2.33 bits per heavy atom. The number of rotatable bonds is 4. The molecule has 2 unspecified atom stereocenters. The first-order valence-electron chi connectivity index (χ1n) is 6.76. The molecule has 3 rings (SSSR count). The Bertz CT molecular complexity index is 635. The van der Waals surface area contributed by atoms with Crippen LogP contribution in [-0.4, -0.2) is 20.2 Å². The first-order valence-corrected chi connectivity index (χ1v) is 6.76. The van der Waals surface area contributed by atoms with E-state index < -0.39 is 12.2 Å². The van der Waals surface area contributed by atoms with Crippen LogP contribution in [0.1, 0.15) is 34.7 Å². The van der Waals surface area contributed by atoms with Crippen LogP contribution in [0.15, 0.2) is 67.0 Å². The maximum absolute atomic E-state index is 10.3. The average molecular weight is 280 g/mol. The van der Waals surface area contributed by atoms with Gasteiger partial charge in [0.25, 0.3) is 0 Å². The molecule has 0 spiro atoms. The van der Waals surface area contributed by atoms with Gasteiger partial charge in [0.05, 0.1) is 5.69 Å². The lowest BCUT2D eigenvalue weighted by Gasteiger charge is -2.09. The van der Waals surface area contributed by atoms with Crippen molar-refractivity contribution in [3.05, 3.63) is 89.5 Å². The molecule has 2 aromatic heterocycles. The van der Waals surface area contributed by atoms with Gasteiger partial charge in [-0.3, -0.25) is 4.98 Å². The summed E-state index contributed by atoms with van der Waals surface area (Å²) >= 11 is 0. The predicted molar refractivity (Wildman–Crippen MR) is 79.6 cm³/mol.